The van der Waals surface area contributed by atoms with Crippen LogP contribution < -0.4 is 0 Å². The van der Waals surface area contributed by atoms with E-state index >= 15 is 0 Å². The molecule has 0 aliphatic carbocycles. The zero-order valence-corrected chi connectivity index (χ0v) is 2.20. The van der Waals surface area contributed by atoms with Crippen LogP contribution in [-0.4, -0.2) is 19.8 Å². The van der Waals surface area contributed by atoms with Crippen LogP contribution in [0.25, 0.3) is 0 Å². The minimum absolute atomic E-state index is 0.833. The number of rotatable bonds is 0. The summed E-state index contributed by atoms with van der Waals surface area (Å²) in [5.74, 6) is 0. The van der Waals surface area contributed by atoms with Gasteiger partial charge in [0.1, 0.15) is 0 Å². The largest absolute Gasteiger partial charge is 0.392 e. The first kappa shape index (κ1) is 1.44. The quantitative estimate of drug-likeness (QED) is 0.413. The van der Waals surface area contributed by atoms with E-state index in [9.17, 15) is 0 Å². The van der Waals surface area contributed by atoms with Crippen LogP contribution in [0.2, 0.25) is 0 Å². The van der Waals surface area contributed by atoms with Crippen LogP contribution in [0.1, 0.15) is 0 Å². The van der Waals surface area contributed by atoms with Gasteiger partial charge in [-0.05, 0) is 0 Å². The summed E-state index contributed by atoms with van der Waals surface area (Å²) in [6, 6.07) is 0. The SMILES string of the molecule is On1n2on12. The summed E-state index contributed by atoms with van der Waals surface area (Å²) in [6.07, 6.45) is 0. The molecule has 1 N–H and O–H groups in total. The Labute approximate surface area is 25.7 Å². The number of hydrogen-bond donors (Lipinski definition) is 1. The molecule has 5 nitrogen and oxygen atoms in total. The molecule has 28 valence electrons. The smallest absolute Gasteiger partial charge is 0.0963 e. The molecule has 0 bridgehead atoms. The molecular formula is HN3O2. The molecule has 0 unspecified atom stereocenters. The third-order valence-electron chi connectivity index (χ3n) is 0.543. The van der Waals surface area contributed by atoms with Crippen molar-refractivity contribution in [2.45, 2.75) is 0 Å². The lowest BCUT2D eigenvalue weighted by atomic mass is 12.8. The number of nitrogens with zero attached hydrogens (tertiary/aromatic N) is 3. The maximum absolute atomic E-state index is 8.05. The Hall–Kier alpha value is -1.00. The minimum atomic E-state index is 0.833. The van der Waals surface area contributed by atoms with E-state index in [1.165, 1.54) is 9.61 Å². The molecule has 0 aromatic carbocycles. The molecular weight excluding hydrogens is 74.0 g/mol. The molecule has 0 spiro atoms. The Morgan fingerprint density at radius 3 is 1.80 bits per heavy atom. The zero-order chi connectivity index (χ0) is 3.44. The Bertz CT molecular complexity index is 173. The molecule has 0 radical (unpaired) electrons. The summed E-state index contributed by atoms with van der Waals surface area (Å²) in [5, 5.41) is 8.05. The topological polar surface area (TPSA) is 47.1 Å². The normalized spacial score (nSPS) is 12.8. The predicted molar refractivity (Wildman–Crippen MR) is 9.47 cm³/mol. The second kappa shape index (κ2) is 0.148. The van der Waals surface area contributed by atoms with Gasteiger partial charge in [0.15, 0.2) is 0 Å². The van der Waals surface area contributed by atoms with Crippen molar-refractivity contribution in [3.05, 3.63) is 0 Å². The molecule has 0 amide bonds. The lowest BCUT2D eigenvalue weighted by molar-refractivity contribution is 0.0671. The molecule has 5 heteroatoms. The highest BCUT2D eigenvalue weighted by atomic mass is 16.9. The first-order valence-electron chi connectivity index (χ1n) is 1.17. The molecule has 0 saturated heterocycles. The number of fused-ring (bicyclic) bond motifs is 1. The first-order chi connectivity index (χ1) is 2.39. The van der Waals surface area contributed by atoms with Crippen LogP contribution in [0.5, 0.6) is 0 Å². The van der Waals surface area contributed by atoms with E-state index in [0.29, 0.717) is 0 Å². The van der Waals surface area contributed by atoms with Gasteiger partial charge in [0, 0.05) is 0 Å². The van der Waals surface area contributed by atoms with Gasteiger partial charge in [0.25, 0.3) is 0 Å². The van der Waals surface area contributed by atoms with Crippen molar-refractivity contribution in [1.82, 2.24) is 14.6 Å². The van der Waals surface area contributed by atoms with Crippen molar-refractivity contribution in [3.63, 3.8) is 0 Å². The highest BCUT2D eigenvalue weighted by Gasteiger charge is 2.22. The maximum Gasteiger partial charge on any atom is 0.0963 e. The van der Waals surface area contributed by atoms with Crippen LogP contribution in [0, 0.1) is 0 Å². The monoisotopic (exact) mass is 75.0 g/mol. The Kier molecular flexibility index (Phi) is 0.0427. The lowest BCUT2D eigenvalue weighted by Crippen LogP contribution is -1.81. The van der Waals surface area contributed by atoms with Gasteiger partial charge in [0.2, 0.25) is 0 Å². The van der Waals surface area contributed by atoms with Crippen molar-refractivity contribution >= 4 is 0 Å². The Balaban J connectivity index is 2.98. The second-order valence-corrected chi connectivity index (χ2v) is 0.855. The van der Waals surface area contributed by atoms with Gasteiger partial charge in [-0.15, -0.1) is 0 Å². The van der Waals surface area contributed by atoms with E-state index in [1.54, 1.807) is 0 Å². The minimum Gasteiger partial charge on any atom is -0.392 e. The van der Waals surface area contributed by atoms with Crippen molar-refractivity contribution in [1.29, 1.82) is 0 Å². The molecule has 0 aliphatic heterocycles. The molecule has 0 aliphatic rings. The molecule has 0 fully saturated rings. The fraction of sp³-hybridized carbons (Fsp3) is 0. The summed E-state index contributed by atoms with van der Waals surface area (Å²) in [6.45, 7) is 0. The van der Waals surface area contributed by atoms with Crippen LogP contribution >= 0.6 is 0 Å². The van der Waals surface area contributed by atoms with Crippen LogP contribution in [0.3, 0.4) is 0 Å². The zero-order valence-electron chi connectivity index (χ0n) is 2.20. The molecule has 2 aromatic heterocycles. The Morgan fingerprint density at radius 1 is 1.40 bits per heavy atom. The van der Waals surface area contributed by atoms with Gasteiger partial charge in [-0.25, -0.2) is 0 Å². The van der Waals surface area contributed by atoms with Gasteiger partial charge in [-0.2, -0.15) is 4.63 Å². The Morgan fingerprint density at radius 2 is 1.80 bits per heavy atom. The summed E-state index contributed by atoms with van der Waals surface area (Å²) in [4.78, 5) is 3.19. The summed E-state index contributed by atoms with van der Waals surface area (Å²) < 4.78 is 4.26. The average Bonchev–Trinajstić information content (AvgIpc) is 2.11. The van der Waals surface area contributed by atoms with Gasteiger partial charge in [-0.3, -0.25) is 0 Å². The summed E-state index contributed by atoms with van der Waals surface area (Å²) >= 11 is 0. The van der Waals surface area contributed by atoms with Gasteiger partial charge in [-0.1, -0.05) is 0 Å². The lowest BCUT2D eigenvalue weighted by Gasteiger charge is -1.61. The maximum atomic E-state index is 8.05. The molecule has 2 rings (SSSR count). The van der Waals surface area contributed by atoms with Crippen molar-refractivity contribution in [3.8, 4) is 0 Å². The molecule has 2 heterocycles. The van der Waals surface area contributed by atoms with E-state index in [1.807, 2.05) is 0 Å². The summed E-state index contributed by atoms with van der Waals surface area (Å²) in [7, 11) is 0. The fourth-order valence-electron chi connectivity index (χ4n) is 0.185. The molecule has 5 heavy (non-hydrogen) atoms. The van der Waals surface area contributed by atoms with Gasteiger partial charge >= 0.3 is 0 Å². The third-order valence-corrected chi connectivity index (χ3v) is 0.543. The highest BCUT2D eigenvalue weighted by molar-refractivity contribution is 4.22. The van der Waals surface area contributed by atoms with E-state index in [2.05, 4.69) is 4.63 Å². The second-order valence-electron chi connectivity index (χ2n) is 0.855. The fourth-order valence-corrected chi connectivity index (χ4v) is 0.185. The summed E-state index contributed by atoms with van der Waals surface area (Å²) in [5.41, 5.74) is 0. The highest BCUT2D eigenvalue weighted by Crippen LogP contribution is 1.96. The predicted octanol–water partition coefficient (Wildman–Crippen LogP) is -0.892. The van der Waals surface area contributed by atoms with Crippen molar-refractivity contribution in [2.24, 2.45) is 0 Å². The van der Waals surface area contributed by atoms with Crippen LogP contribution in [-0.2, 0) is 0 Å². The molecule has 2 aromatic rings. The van der Waals surface area contributed by atoms with Gasteiger partial charge in [0.05, 0.1) is 14.6 Å². The van der Waals surface area contributed by atoms with E-state index in [0.717, 1.165) is 4.96 Å². The van der Waals surface area contributed by atoms with Crippen LogP contribution in [0.4, 0.5) is 0 Å². The molecule has 0 atom stereocenters. The molecule has 0 saturated carbocycles. The van der Waals surface area contributed by atoms with Crippen LogP contribution in [0.15, 0.2) is 4.63 Å². The van der Waals surface area contributed by atoms with Gasteiger partial charge < -0.3 is 5.21 Å². The number of aromatic nitrogens is 3. The van der Waals surface area contributed by atoms with E-state index in [4.69, 9.17) is 5.21 Å². The van der Waals surface area contributed by atoms with Crippen molar-refractivity contribution < 1.29 is 9.84 Å². The van der Waals surface area contributed by atoms with E-state index < -0.39 is 0 Å². The standard InChI is InChI=1S/HN3O2/c4-1-2-3(1)5-2/h4H. The van der Waals surface area contributed by atoms with E-state index in [-0.39, 0.29) is 0 Å². The number of hydrogen-bond acceptors (Lipinski definition) is 2. The third kappa shape index (κ3) is 0.0248. The van der Waals surface area contributed by atoms with Crippen molar-refractivity contribution in [2.75, 3.05) is 0 Å². The average molecular weight is 75.0 g/mol. The first-order valence-corrected chi connectivity index (χ1v) is 1.17.